The third-order valence-electron chi connectivity index (χ3n) is 5.46. The van der Waals surface area contributed by atoms with E-state index in [2.05, 4.69) is 31.8 Å². The number of ether oxygens (including phenoxy) is 1. The number of anilines is 1. The van der Waals surface area contributed by atoms with E-state index in [1.165, 1.54) is 0 Å². The number of carbonyl (C=O) groups excluding carboxylic acids is 1. The Kier molecular flexibility index (Phi) is 7.71. The maximum absolute atomic E-state index is 12.0. The Morgan fingerprint density at radius 1 is 1.16 bits per heavy atom. The number of nitriles is 1. The molecule has 0 spiro atoms. The molecule has 37 heavy (non-hydrogen) atoms. The fraction of sp³-hybridized carbons (Fsp3) is 0.296. The van der Waals surface area contributed by atoms with Gasteiger partial charge in [-0.25, -0.2) is 9.78 Å². The van der Waals surface area contributed by atoms with Gasteiger partial charge in [0, 0.05) is 42.1 Å². The van der Waals surface area contributed by atoms with E-state index in [1.54, 1.807) is 37.7 Å². The van der Waals surface area contributed by atoms with Crippen molar-refractivity contribution in [3.05, 3.63) is 81.9 Å². The molecule has 0 atom stereocenters. The van der Waals surface area contributed by atoms with Gasteiger partial charge in [-0.15, -0.1) is 0 Å². The van der Waals surface area contributed by atoms with E-state index < -0.39 is 11.7 Å². The second-order valence-corrected chi connectivity index (χ2v) is 10.1. The average Bonchev–Trinajstić information content (AvgIpc) is 3.20. The van der Waals surface area contributed by atoms with Crippen molar-refractivity contribution in [3.8, 4) is 6.07 Å². The van der Waals surface area contributed by atoms with Crippen LogP contribution >= 0.6 is 11.6 Å². The Bertz CT molecular complexity index is 1480. The van der Waals surface area contributed by atoms with Crippen molar-refractivity contribution in [2.45, 2.75) is 52.9 Å². The van der Waals surface area contributed by atoms with Gasteiger partial charge in [-0.05, 0) is 63.1 Å². The number of aryl methyl sites for hydroxylation is 1. The maximum atomic E-state index is 12.0. The first-order valence-corrected chi connectivity index (χ1v) is 12.2. The van der Waals surface area contributed by atoms with Gasteiger partial charge in [0.25, 0.3) is 0 Å². The van der Waals surface area contributed by atoms with Crippen LogP contribution in [0.3, 0.4) is 0 Å². The molecule has 3 aromatic heterocycles. The number of pyridine rings is 2. The monoisotopic (exact) mass is 517 g/mol. The molecule has 0 saturated carbocycles. The highest BCUT2D eigenvalue weighted by Gasteiger charge is 2.17. The Hall–Kier alpha value is -4.00. The lowest BCUT2D eigenvalue weighted by Crippen LogP contribution is -2.27. The predicted octanol–water partition coefficient (Wildman–Crippen LogP) is 5.34. The molecule has 0 radical (unpaired) electrons. The lowest BCUT2D eigenvalue weighted by Gasteiger charge is -2.19. The summed E-state index contributed by atoms with van der Waals surface area (Å²) < 4.78 is 7.03. The van der Waals surface area contributed by atoms with Crippen molar-refractivity contribution in [2.24, 2.45) is 0 Å². The zero-order chi connectivity index (χ0) is 26.6. The normalized spacial score (nSPS) is 11.4. The summed E-state index contributed by atoms with van der Waals surface area (Å²) in [6.45, 7) is 8.82. The van der Waals surface area contributed by atoms with Crippen molar-refractivity contribution in [1.29, 1.82) is 5.26 Å². The lowest BCUT2D eigenvalue weighted by molar-refractivity contribution is 0.0635. The Balaban J connectivity index is 1.37. The largest absolute Gasteiger partial charge is 0.444 e. The number of benzene rings is 1. The van der Waals surface area contributed by atoms with Crippen molar-refractivity contribution >= 4 is 34.4 Å². The number of aromatic nitrogens is 4. The zero-order valence-corrected chi connectivity index (χ0v) is 21.9. The molecule has 3 heterocycles. The summed E-state index contributed by atoms with van der Waals surface area (Å²) in [5.74, 6) is 0.426. The van der Waals surface area contributed by atoms with E-state index in [4.69, 9.17) is 16.3 Å². The van der Waals surface area contributed by atoms with E-state index in [1.807, 2.05) is 43.5 Å². The summed E-state index contributed by atoms with van der Waals surface area (Å²) in [5.41, 5.74) is 4.26. The van der Waals surface area contributed by atoms with Gasteiger partial charge >= 0.3 is 6.09 Å². The highest BCUT2D eigenvalue weighted by molar-refractivity contribution is 6.31. The lowest BCUT2D eigenvalue weighted by atomic mass is 10.1. The summed E-state index contributed by atoms with van der Waals surface area (Å²) in [5, 5.41) is 21.6. The van der Waals surface area contributed by atoms with E-state index in [0.717, 1.165) is 33.3 Å². The van der Waals surface area contributed by atoms with Gasteiger partial charge in [0.1, 0.15) is 17.5 Å². The molecule has 4 rings (SSSR count). The first-order chi connectivity index (χ1) is 17.6. The molecule has 2 N–H and O–H groups in total. The van der Waals surface area contributed by atoms with Gasteiger partial charge in [-0.3, -0.25) is 15.0 Å². The van der Waals surface area contributed by atoms with E-state index in [0.29, 0.717) is 36.2 Å². The van der Waals surface area contributed by atoms with Crippen molar-refractivity contribution in [3.63, 3.8) is 0 Å². The minimum atomic E-state index is -0.583. The van der Waals surface area contributed by atoms with Crippen LogP contribution in [0.1, 0.15) is 48.8 Å². The fourth-order valence-electron chi connectivity index (χ4n) is 3.79. The molecule has 1 amide bonds. The van der Waals surface area contributed by atoms with E-state index >= 15 is 0 Å². The van der Waals surface area contributed by atoms with Gasteiger partial charge < -0.3 is 10.1 Å². The molecule has 0 saturated heterocycles. The van der Waals surface area contributed by atoms with Gasteiger partial charge in [0.2, 0.25) is 0 Å². The van der Waals surface area contributed by atoms with Crippen LogP contribution in [0, 0.1) is 18.3 Å². The molecule has 9 nitrogen and oxygen atoms in total. The second kappa shape index (κ2) is 10.9. The topological polar surface area (TPSA) is 118 Å². The quantitative estimate of drug-likeness (QED) is 0.339. The Labute approximate surface area is 220 Å². The molecular weight excluding hydrogens is 490 g/mol. The first kappa shape index (κ1) is 26.1. The minimum absolute atomic E-state index is 0.379. The number of halogens is 1. The molecular formula is C27H28ClN7O2. The molecule has 1 aromatic carbocycles. The average molecular weight is 518 g/mol. The minimum Gasteiger partial charge on any atom is -0.444 e. The highest BCUT2D eigenvalue weighted by atomic mass is 35.5. The number of nitrogens with zero attached hydrogens (tertiary/aromatic N) is 5. The smallest absolute Gasteiger partial charge is 0.413 e. The van der Waals surface area contributed by atoms with Crippen molar-refractivity contribution < 1.29 is 9.53 Å². The van der Waals surface area contributed by atoms with Gasteiger partial charge in [-0.2, -0.15) is 10.4 Å². The third-order valence-corrected chi connectivity index (χ3v) is 5.66. The van der Waals surface area contributed by atoms with Gasteiger partial charge in [0.15, 0.2) is 5.69 Å². The number of amides is 1. The summed E-state index contributed by atoms with van der Waals surface area (Å²) in [6, 6.07) is 13.7. The van der Waals surface area contributed by atoms with Crippen molar-refractivity contribution in [2.75, 3.05) is 5.32 Å². The third kappa shape index (κ3) is 7.03. The van der Waals surface area contributed by atoms with E-state index in [9.17, 15) is 10.1 Å². The standard InChI is InChI=1S/C27H28ClN7O2/c1-17-19(6-8-25(32-17)33-26(36)37-27(2,3)4)12-30-13-21-16-35(34-24(21)11-29)15-18-5-7-23-20(9-18)10-22(28)14-31-23/h5-10,14,16,30H,12-13,15H2,1-4H3,(H,32,33,36). The molecule has 190 valence electrons. The number of hydrogen-bond acceptors (Lipinski definition) is 7. The van der Waals surface area contributed by atoms with Crippen LogP contribution in [-0.4, -0.2) is 31.4 Å². The number of hydrogen-bond donors (Lipinski definition) is 2. The van der Waals surface area contributed by atoms with Crippen LogP contribution in [-0.2, 0) is 24.4 Å². The van der Waals surface area contributed by atoms with Crippen LogP contribution < -0.4 is 10.6 Å². The van der Waals surface area contributed by atoms with Gasteiger partial charge in [0.05, 0.1) is 17.1 Å². The summed E-state index contributed by atoms with van der Waals surface area (Å²) in [4.78, 5) is 20.7. The molecule has 0 fully saturated rings. The summed E-state index contributed by atoms with van der Waals surface area (Å²) in [6.07, 6.45) is 2.96. The van der Waals surface area contributed by atoms with Crippen LogP contribution in [0.15, 0.2) is 48.8 Å². The predicted molar refractivity (Wildman–Crippen MR) is 142 cm³/mol. The number of fused-ring (bicyclic) bond motifs is 1. The summed E-state index contributed by atoms with van der Waals surface area (Å²) >= 11 is 6.08. The van der Waals surface area contributed by atoms with Crippen LogP contribution in [0.4, 0.5) is 10.6 Å². The molecule has 0 bridgehead atoms. The van der Waals surface area contributed by atoms with Gasteiger partial charge in [-0.1, -0.05) is 23.7 Å². The first-order valence-electron chi connectivity index (χ1n) is 11.8. The molecule has 4 aromatic rings. The van der Waals surface area contributed by atoms with Crippen molar-refractivity contribution in [1.82, 2.24) is 25.1 Å². The maximum Gasteiger partial charge on any atom is 0.413 e. The van der Waals surface area contributed by atoms with E-state index in [-0.39, 0.29) is 0 Å². The Morgan fingerprint density at radius 2 is 1.95 bits per heavy atom. The molecule has 0 aliphatic carbocycles. The Morgan fingerprint density at radius 3 is 2.68 bits per heavy atom. The van der Waals surface area contributed by atoms with Crippen LogP contribution in [0.5, 0.6) is 0 Å². The van der Waals surface area contributed by atoms with Crippen LogP contribution in [0.25, 0.3) is 10.9 Å². The molecule has 0 aliphatic rings. The number of nitrogens with one attached hydrogen (secondary N) is 2. The highest BCUT2D eigenvalue weighted by Crippen LogP contribution is 2.19. The molecule has 0 unspecified atom stereocenters. The summed E-state index contributed by atoms with van der Waals surface area (Å²) in [7, 11) is 0. The number of carbonyl (C=O) groups is 1. The van der Waals surface area contributed by atoms with Crippen LogP contribution in [0.2, 0.25) is 5.02 Å². The number of rotatable bonds is 7. The molecule has 10 heteroatoms. The second-order valence-electron chi connectivity index (χ2n) is 9.66. The molecule has 0 aliphatic heterocycles. The zero-order valence-electron chi connectivity index (χ0n) is 21.2. The fourth-order valence-corrected chi connectivity index (χ4v) is 3.96. The SMILES string of the molecule is Cc1nc(NC(=O)OC(C)(C)C)ccc1CNCc1cn(Cc2ccc3ncc(Cl)cc3c2)nc1C#N.